The van der Waals surface area contributed by atoms with Gasteiger partial charge in [0.15, 0.2) is 0 Å². The van der Waals surface area contributed by atoms with Crippen LogP contribution in [0.5, 0.6) is 0 Å². The smallest absolute Gasteiger partial charge is 0.0655 e. The lowest BCUT2D eigenvalue weighted by atomic mass is 9.72. The van der Waals surface area contributed by atoms with Gasteiger partial charge < -0.3 is 9.47 Å². The van der Waals surface area contributed by atoms with E-state index in [-0.39, 0.29) is 5.54 Å². The summed E-state index contributed by atoms with van der Waals surface area (Å²) in [5.41, 5.74) is 12.7. The fourth-order valence-electron chi connectivity index (χ4n) is 8.70. The molecule has 6 aromatic rings. The van der Waals surface area contributed by atoms with E-state index in [1.165, 1.54) is 60.0 Å². The lowest BCUT2D eigenvalue weighted by Crippen LogP contribution is -2.57. The monoisotopic (exact) mass is 602 g/mol. The number of thiophene rings is 1. The fourth-order valence-corrected chi connectivity index (χ4v) is 10.00. The third-order valence-corrected chi connectivity index (χ3v) is 12.1. The van der Waals surface area contributed by atoms with Gasteiger partial charge >= 0.3 is 0 Å². The van der Waals surface area contributed by atoms with Gasteiger partial charge in [0.05, 0.1) is 11.6 Å². The van der Waals surface area contributed by atoms with E-state index >= 15 is 0 Å². The van der Waals surface area contributed by atoms with E-state index in [0.717, 1.165) is 19.3 Å². The minimum Gasteiger partial charge on any atom is -0.355 e. The first-order chi connectivity index (χ1) is 22.0. The van der Waals surface area contributed by atoms with Crippen LogP contribution in [0.15, 0.2) is 115 Å². The van der Waals surface area contributed by atoms with Crippen molar-refractivity contribution >= 4 is 33.2 Å². The zero-order valence-electron chi connectivity index (χ0n) is 26.2. The second kappa shape index (κ2) is 10.1. The molecule has 222 valence electrons. The number of benzene rings is 4. The van der Waals surface area contributed by atoms with Gasteiger partial charge in [0.2, 0.25) is 0 Å². The van der Waals surface area contributed by atoms with Crippen molar-refractivity contribution in [2.24, 2.45) is 0 Å². The first-order valence-corrected chi connectivity index (χ1v) is 17.3. The Bertz CT molecular complexity index is 2080. The van der Waals surface area contributed by atoms with Crippen LogP contribution in [0, 0.1) is 0 Å². The first-order valence-electron chi connectivity index (χ1n) is 16.5. The molecule has 0 bridgehead atoms. The second-order valence-electron chi connectivity index (χ2n) is 13.6. The number of allylic oxidation sites excluding steroid dienone is 1. The molecule has 0 amide bonds. The van der Waals surface area contributed by atoms with Gasteiger partial charge in [-0.05, 0) is 78.6 Å². The van der Waals surface area contributed by atoms with Gasteiger partial charge in [-0.1, -0.05) is 105 Å². The molecule has 45 heavy (non-hydrogen) atoms. The number of rotatable bonds is 4. The van der Waals surface area contributed by atoms with E-state index in [9.17, 15) is 0 Å². The van der Waals surface area contributed by atoms with E-state index in [0.29, 0.717) is 17.9 Å². The molecule has 0 N–H and O–H groups in total. The fraction of sp³-hybridized carbons (Fsp3) is 0.238. The summed E-state index contributed by atoms with van der Waals surface area (Å²) < 4.78 is 4.06. The quantitative estimate of drug-likeness (QED) is 0.195. The van der Waals surface area contributed by atoms with Crippen LogP contribution >= 0.6 is 11.3 Å². The van der Waals surface area contributed by atoms with E-state index < -0.39 is 0 Å². The predicted octanol–water partition coefficient (Wildman–Crippen LogP) is 11.4. The van der Waals surface area contributed by atoms with Crippen molar-refractivity contribution in [2.75, 3.05) is 4.90 Å². The van der Waals surface area contributed by atoms with Gasteiger partial charge in [0.25, 0.3) is 0 Å². The number of hydrogen-bond acceptors (Lipinski definition) is 2. The largest absolute Gasteiger partial charge is 0.355 e. The number of nitrogens with zero attached hydrogens (tertiary/aromatic N) is 2. The van der Waals surface area contributed by atoms with Crippen LogP contribution < -0.4 is 4.90 Å². The van der Waals surface area contributed by atoms with Crippen molar-refractivity contribution in [1.82, 2.24) is 4.57 Å². The molecule has 1 aliphatic heterocycles. The molecule has 2 aromatic heterocycles. The van der Waals surface area contributed by atoms with E-state index in [2.05, 4.69) is 152 Å². The van der Waals surface area contributed by atoms with Crippen molar-refractivity contribution in [2.45, 2.75) is 63.5 Å². The van der Waals surface area contributed by atoms with Crippen molar-refractivity contribution in [3.8, 4) is 16.1 Å². The van der Waals surface area contributed by atoms with E-state index in [1.54, 1.807) is 5.56 Å². The Hall–Kier alpha value is -4.34. The summed E-state index contributed by atoms with van der Waals surface area (Å²) in [6, 6.07) is 41.0. The van der Waals surface area contributed by atoms with Crippen LogP contribution in [0.3, 0.4) is 0 Å². The van der Waals surface area contributed by atoms with Crippen LogP contribution in [0.1, 0.15) is 85.1 Å². The van der Waals surface area contributed by atoms with Crippen molar-refractivity contribution in [3.05, 3.63) is 149 Å². The average molecular weight is 603 g/mol. The summed E-state index contributed by atoms with van der Waals surface area (Å²) in [7, 11) is 0. The summed E-state index contributed by atoms with van der Waals surface area (Å²) in [5, 5.41) is 1.44. The maximum absolute atomic E-state index is 2.65. The normalized spacial score (nSPS) is 23.4. The Balaban J connectivity index is 1.19. The van der Waals surface area contributed by atoms with E-state index in [1.807, 2.05) is 11.3 Å². The molecule has 2 aliphatic carbocycles. The summed E-state index contributed by atoms with van der Waals surface area (Å²) >= 11 is 1.99. The van der Waals surface area contributed by atoms with Crippen LogP contribution in [0.4, 0.5) is 5.69 Å². The third kappa shape index (κ3) is 3.93. The van der Waals surface area contributed by atoms with Gasteiger partial charge in [0, 0.05) is 55.3 Å². The van der Waals surface area contributed by atoms with Crippen LogP contribution in [-0.4, -0.2) is 4.57 Å². The molecular weight excluding hydrogens is 565 g/mol. The minimum atomic E-state index is -0.0551. The Morgan fingerprint density at radius 3 is 2.20 bits per heavy atom. The van der Waals surface area contributed by atoms with Crippen LogP contribution in [0.25, 0.3) is 32.3 Å². The highest BCUT2D eigenvalue weighted by atomic mass is 32.1. The Labute approximate surface area is 270 Å². The molecule has 3 aliphatic rings. The Morgan fingerprint density at radius 2 is 1.42 bits per heavy atom. The molecule has 0 saturated carbocycles. The number of fused-ring (bicyclic) bond motifs is 7. The Kier molecular flexibility index (Phi) is 6.05. The van der Waals surface area contributed by atoms with E-state index in [4.69, 9.17) is 0 Å². The standard InChI is InChI=1S/C42H38N2S/c1-27-13-12-19-34-38-40(28(2)25-35-33-18-10-11-20-37(33)45-41(35)38)43(39(27)34)31-21-23-32(24-22-31)44-36(29-14-6-4-7-15-29)26-42(44,3)30-16-8-5-9-17-30/h4-12,14-24,27-28,36H,13,25-26H2,1-3H3. The number of aromatic nitrogens is 1. The molecule has 3 heterocycles. The highest BCUT2D eigenvalue weighted by Crippen LogP contribution is 2.56. The summed E-state index contributed by atoms with van der Waals surface area (Å²) in [6.07, 6.45) is 8.09. The lowest BCUT2D eigenvalue weighted by Gasteiger charge is -2.59. The van der Waals surface area contributed by atoms with Gasteiger partial charge in [-0.25, -0.2) is 0 Å². The van der Waals surface area contributed by atoms with Crippen LogP contribution in [0.2, 0.25) is 0 Å². The third-order valence-electron chi connectivity index (χ3n) is 10.8. The first kappa shape index (κ1) is 27.0. The number of anilines is 1. The van der Waals surface area contributed by atoms with Gasteiger partial charge in [0.1, 0.15) is 0 Å². The highest BCUT2D eigenvalue weighted by molar-refractivity contribution is 7.22. The predicted molar refractivity (Wildman–Crippen MR) is 191 cm³/mol. The molecule has 0 radical (unpaired) electrons. The molecule has 3 heteroatoms. The van der Waals surface area contributed by atoms with Crippen molar-refractivity contribution in [1.29, 1.82) is 0 Å². The minimum absolute atomic E-state index is 0.0551. The molecule has 1 saturated heterocycles. The second-order valence-corrected chi connectivity index (χ2v) is 14.7. The summed E-state index contributed by atoms with van der Waals surface area (Å²) in [5.74, 6) is 0.912. The highest BCUT2D eigenvalue weighted by Gasteiger charge is 2.50. The summed E-state index contributed by atoms with van der Waals surface area (Å²) in [6.45, 7) is 7.26. The van der Waals surface area contributed by atoms with Crippen molar-refractivity contribution in [3.63, 3.8) is 0 Å². The SMILES string of the molecule is CC1CC=Cc2c3c(n(-c4ccc(N5C(c6ccccc6)CC5(C)c5ccccc5)cc4)c21)C(C)Cc1c-3sc2ccccc12. The average Bonchev–Trinajstić information content (AvgIpc) is 3.62. The summed E-state index contributed by atoms with van der Waals surface area (Å²) in [4.78, 5) is 4.14. The molecular formula is C42H38N2S. The lowest BCUT2D eigenvalue weighted by molar-refractivity contribution is 0.228. The topological polar surface area (TPSA) is 8.17 Å². The molecule has 2 nitrogen and oxygen atoms in total. The maximum atomic E-state index is 2.65. The molecule has 9 rings (SSSR count). The molecule has 4 unspecified atom stereocenters. The molecule has 4 aromatic carbocycles. The Morgan fingerprint density at radius 1 is 0.733 bits per heavy atom. The number of hydrogen-bond donors (Lipinski definition) is 0. The molecule has 0 spiro atoms. The van der Waals surface area contributed by atoms with Gasteiger partial charge in [-0.15, -0.1) is 11.3 Å². The van der Waals surface area contributed by atoms with Gasteiger partial charge in [-0.2, -0.15) is 0 Å². The zero-order valence-corrected chi connectivity index (χ0v) is 27.0. The van der Waals surface area contributed by atoms with Gasteiger partial charge in [-0.3, -0.25) is 0 Å². The van der Waals surface area contributed by atoms with Crippen molar-refractivity contribution < 1.29 is 0 Å². The maximum Gasteiger partial charge on any atom is 0.0655 e. The van der Waals surface area contributed by atoms with Crippen LogP contribution in [-0.2, 0) is 12.0 Å². The molecule has 1 fully saturated rings. The zero-order chi connectivity index (χ0) is 30.3. The molecule has 4 atom stereocenters.